The van der Waals surface area contributed by atoms with Crippen molar-refractivity contribution < 1.29 is 29.3 Å². The van der Waals surface area contributed by atoms with Gasteiger partial charge in [0.1, 0.15) is 6.61 Å². The number of carbonyl (C=O) groups is 3. The highest BCUT2D eigenvalue weighted by Gasteiger charge is 2.29. The van der Waals surface area contributed by atoms with Crippen LogP contribution in [-0.4, -0.2) is 46.9 Å². The second-order valence-corrected chi connectivity index (χ2v) is 8.06. The number of amides is 2. The fourth-order valence-electron chi connectivity index (χ4n) is 4.07. The maximum Gasteiger partial charge on any atom is 0.411 e. The van der Waals surface area contributed by atoms with E-state index in [1.54, 1.807) is 0 Å². The second kappa shape index (κ2) is 9.76. The quantitative estimate of drug-likeness (QED) is 0.427. The molecular formula is C26H24N2O6. The molecule has 0 fully saturated rings. The van der Waals surface area contributed by atoms with Crippen molar-refractivity contribution in [1.82, 2.24) is 5.32 Å². The number of aliphatic hydroxyl groups is 1. The molecule has 174 valence electrons. The molecule has 0 spiro atoms. The zero-order valence-corrected chi connectivity index (χ0v) is 18.4. The number of anilines is 1. The van der Waals surface area contributed by atoms with Gasteiger partial charge in [0.25, 0.3) is 5.91 Å². The molecule has 1 aliphatic rings. The summed E-state index contributed by atoms with van der Waals surface area (Å²) in [6.45, 7) is 1.46. The summed E-state index contributed by atoms with van der Waals surface area (Å²) >= 11 is 0. The minimum Gasteiger partial charge on any atom is -0.480 e. The van der Waals surface area contributed by atoms with E-state index in [-0.39, 0.29) is 18.1 Å². The minimum atomic E-state index is -1.42. The van der Waals surface area contributed by atoms with Crippen molar-refractivity contribution in [3.05, 3.63) is 89.5 Å². The molecule has 3 aromatic rings. The Morgan fingerprint density at radius 1 is 0.912 bits per heavy atom. The summed E-state index contributed by atoms with van der Waals surface area (Å²) in [5, 5.41) is 23.5. The van der Waals surface area contributed by atoms with Crippen molar-refractivity contribution >= 4 is 23.7 Å². The minimum absolute atomic E-state index is 0.0553. The number of fused-ring (bicyclic) bond motifs is 3. The van der Waals surface area contributed by atoms with Crippen LogP contribution in [0.2, 0.25) is 0 Å². The van der Waals surface area contributed by atoms with Gasteiger partial charge in [-0.25, -0.2) is 9.59 Å². The van der Waals surface area contributed by atoms with Crippen LogP contribution >= 0.6 is 0 Å². The van der Waals surface area contributed by atoms with Crippen LogP contribution in [0.25, 0.3) is 11.1 Å². The van der Waals surface area contributed by atoms with Crippen LogP contribution in [0.4, 0.5) is 10.5 Å². The highest BCUT2D eigenvalue weighted by Crippen LogP contribution is 2.44. The summed E-state index contributed by atoms with van der Waals surface area (Å²) in [4.78, 5) is 35.8. The molecule has 0 unspecified atom stereocenters. The molecule has 4 rings (SSSR count). The maximum atomic E-state index is 12.4. The topological polar surface area (TPSA) is 125 Å². The summed E-state index contributed by atoms with van der Waals surface area (Å²) in [6, 6.07) is 20.6. The highest BCUT2D eigenvalue weighted by atomic mass is 16.5. The van der Waals surface area contributed by atoms with Crippen LogP contribution in [0.1, 0.15) is 34.3 Å². The van der Waals surface area contributed by atoms with Gasteiger partial charge in [-0.15, -0.1) is 0 Å². The van der Waals surface area contributed by atoms with E-state index in [0.29, 0.717) is 5.69 Å². The number of benzene rings is 3. The smallest absolute Gasteiger partial charge is 0.411 e. The van der Waals surface area contributed by atoms with Gasteiger partial charge in [0.05, 0.1) is 6.10 Å². The van der Waals surface area contributed by atoms with Crippen molar-refractivity contribution in [2.24, 2.45) is 0 Å². The molecule has 8 nitrogen and oxygen atoms in total. The van der Waals surface area contributed by atoms with E-state index in [2.05, 4.69) is 22.8 Å². The molecule has 0 radical (unpaired) electrons. The molecule has 2 atom stereocenters. The fourth-order valence-corrected chi connectivity index (χ4v) is 4.07. The number of aliphatic carboxylic acids is 1. The van der Waals surface area contributed by atoms with Gasteiger partial charge >= 0.3 is 12.1 Å². The molecular weight excluding hydrogens is 436 g/mol. The Hall–Kier alpha value is -4.17. The Labute approximate surface area is 196 Å². The maximum absolute atomic E-state index is 12.4. The lowest BCUT2D eigenvalue weighted by atomic mass is 9.98. The lowest BCUT2D eigenvalue weighted by Crippen LogP contribution is -2.47. The lowest BCUT2D eigenvalue weighted by molar-refractivity contribution is -0.141. The Morgan fingerprint density at radius 3 is 2.00 bits per heavy atom. The molecule has 2 amide bonds. The highest BCUT2D eigenvalue weighted by molar-refractivity contribution is 5.97. The molecule has 0 saturated heterocycles. The third kappa shape index (κ3) is 4.77. The van der Waals surface area contributed by atoms with E-state index < -0.39 is 30.1 Å². The number of carboxylic acids is 1. The Kier molecular flexibility index (Phi) is 6.60. The van der Waals surface area contributed by atoms with E-state index >= 15 is 0 Å². The first-order valence-electron chi connectivity index (χ1n) is 10.8. The largest absolute Gasteiger partial charge is 0.480 e. The van der Waals surface area contributed by atoms with Gasteiger partial charge in [-0.3, -0.25) is 10.1 Å². The molecule has 0 bridgehead atoms. The van der Waals surface area contributed by atoms with Crippen LogP contribution < -0.4 is 10.6 Å². The van der Waals surface area contributed by atoms with Crippen LogP contribution in [0, 0.1) is 0 Å². The molecule has 1 aliphatic carbocycles. The Balaban J connectivity index is 1.36. The monoisotopic (exact) mass is 460 g/mol. The van der Waals surface area contributed by atoms with Crippen molar-refractivity contribution in [3.63, 3.8) is 0 Å². The number of ether oxygens (including phenoxy) is 1. The summed E-state index contributed by atoms with van der Waals surface area (Å²) in [5.74, 6) is -2.04. The SMILES string of the molecule is C[C@@H](O)[C@H](NC(=O)c1ccc(NC(=O)OCC2c3ccccc3-c3ccccc32)cc1)C(=O)O. The third-order valence-corrected chi connectivity index (χ3v) is 5.77. The fraction of sp³-hybridized carbons (Fsp3) is 0.192. The number of nitrogens with one attached hydrogen (secondary N) is 2. The van der Waals surface area contributed by atoms with Crippen molar-refractivity contribution in [3.8, 4) is 11.1 Å². The first kappa shape index (κ1) is 23.0. The summed E-state index contributed by atoms with van der Waals surface area (Å²) in [5.41, 5.74) is 5.11. The molecule has 0 saturated carbocycles. The van der Waals surface area contributed by atoms with E-state index in [4.69, 9.17) is 9.84 Å². The molecule has 0 aliphatic heterocycles. The van der Waals surface area contributed by atoms with Gasteiger partial charge in [0.2, 0.25) is 0 Å². The van der Waals surface area contributed by atoms with Gasteiger partial charge in [0, 0.05) is 17.2 Å². The van der Waals surface area contributed by atoms with Crippen LogP contribution in [0.5, 0.6) is 0 Å². The first-order chi connectivity index (χ1) is 16.3. The van der Waals surface area contributed by atoms with Gasteiger partial charge in [-0.1, -0.05) is 48.5 Å². The molecule has 4 N–H and O–H groups in total. The second-order valence-electron chi connectivity index (χ2n) is 8.06. The Bertz CT molecular complexity index is 1180. The van der Waals surface area contributed by atoms with Crippen LogP contribution in [0.3, 0.4) is 0 Å². The molecule has 8 heteroatoms. The van der Waals surface area contributed by atoms with Crippen molar-refractivity contribution in [2.45, 2.75) is 25.0 Å². The van der Waals surface area contributed by atoms with Crippen LogP contribution in [-0.2, 0) is 9.53 Å². The summed E-state index contributed by atoms with van der Waals surface area (Å²) < 4.78 is 5.50. The third-order valence-electron chi connectivity index (χ3n) is 5.77. The van der Waals surface area contributed by atoms with E-state index in [1.807, 2.05) is 36.4 Å². The lowest BCUT2D eigenvalue weighted by Gasteiger charge is -2.17. The number of hydrogen-bond acceptors (Lipinski definition) is 5. The molecule has 0 heterocycles. The first-order valence-corrected chi connectivity index (χ1v) is 10.8. The average Bonchev–Trinajstić information content (AvgIpc) is 3.15. The number of carbonyl (C=O) groups excluding carboxylic acids is 2. The van der Waals surface area contributed by atoms with Gasteiger partial charge in [0.15, 0.2) is 6.04 Å². The zero-order valence-electron chi connectivity index (χ0n) is 18.4. The van der Waals surface area contributed by atoms with Gasteiger partial charge in [-0.05, 0) is 53.4 Å². The van der Waals surface area contributed by atoms with E-state index in [9.17, 15) is 19.5 Å². The zero-order chi connectivity index (χ0) is 24.2. The van der Waals surface area contributed by atoms with Crippen LogP contribution in [0.15, 0.2) is 72.8 Å². The number of carboxylic acid groups (broad SMARTS) is 1. The number of aliphatic hydroxyl groups excluding tert-OH is 1. The summed E-state index contributed by atoms with van der Waals surface area (Å²) in [6.07, 6.45) is -1.88. The van der Waals surface area contributed by atoms with E-state index in [1.165, 1.54) is 31.2 Å². The van der Waals surface area contributed by atoms with Crippen molar-refractivity contribution in [2.75, 3.05) is 11.9 Å². The standard InChI is InChI=1S/C26H24N2O6/c1-15(29)23(25(31)32)28-24(30)16-10-12-17(13-11-16)27-26(33)34-14-22-20-8-4-2-6-18(20)19-7-3-5-9-21(19)22/h2-13,15,22-23,29H,14H2,1H3,(H,27,33)(H,28,30)(H,31,32)/t15-,23+/m1/s1. The van der Waals surface area contributed by atoms with Gasteiger partial charge < -0.3 is 20.3 Å². The van der Waals surface area contributed by atoms with E-state index in [0.717, 1.165) is 22.3 Å². The average molecular weight is 460 g/mol. The Morgan fingerprint density at radius 2 is 1.47 bits per heavy atom. The summed E-state index contributed by atoms with van der Waals surface area (Å²) in [7, 11) is 0. The number of rotatable bonds is 7. The normalized spacial score (nSPS) is 13.8. The molecule has 0 aromatic heterocycles. The molecule has 34 heavy (non-hydrogen) atoms. The predicted molar refractivity (Wildman–Crippen MR) is 126 cm³/mol. The van der Waals surface area contributed by atoms with Gasteiger partial charge in [-0.2, -0.15) is 0 Å². The molecule has 3 aromatic carbocycles. The predicted octanol–water partition coefficient (Wildman–Crippen LogP) is 3.61. The number of hydrogen-bond donors (Lipinski definition) is 4. The van der Waals surface area contributed by atoms with Crippen molar-refractivity contribution in [1.29, 1.82) is 0 Å².